The fourth-order valence-corrected chi connectivity index (χ4v) is 4.21. The second-order valence-electron chi connectivity index (χ2n) is 4.30. The Morgan fingerprint density at radius 3 is 2.45 bits per heavy atom. The van der Waals surface area contributed by atoms with Crippen molar-refractivity contribution in [1.29, 1.82) is 0 Å². The number of hydrogen-bond donors (Lipinski definition) is 1. The minimum atomic E-state index is -3.58. The Balaban J connectivity index is 2.01. The molecule has 118 valence electrons. The zero-order valence-corrected chi connectivity index (χ0v) is 14.1. The minimum absolute atomic E-state index is 0.126. The van der Waals surface area contributed by atoms with E-state index in [0.29, 0.717) is 16.5 Å². The molecular weight excluding hydrogens is 346 g/mol. The maximum absolute atomic E-state index is 12.0. The Morgan fingerprint density at radius 1 is 1.23 bits per heavy atom. The van der Waals surface area contributed by atoms with E-state index in [4.69, 9.17) is 16.3 Å². The van der Waals surface area contributed by atoms with E-state index in [9.17, 15) is 13.2 Å². The van der Waals surface area contributed by atoms with Crippen molar-refractivity contribution < 1.29 is 17.9 Å². The summed E-state index contributed by atoms with van der Waals surface area (Å²) in [5.41, 5.74) is 1.16. The van der Waals surface area contributed by atoms with Crippen molar-refractivity contribution in [2.75, 3.05) is 6.61 Å². The molecule has 1 heterocycles. The van der Waals surface area contributed by atoms with Gasteiger partial charge in [0.1, 0.15) is 4.21 Å². The third kappa shape index (κ3) is 4.30. The van der Waals surface area contributed by atoms with Gasteiger partial charge >= 0.3 is 5.97 Å². The molecule has 0 saturated carbocycles. The number of carbonyl (C=O) groups is 1. The van der Waals surface area contributed by atoms with Crippen molar-refractivity contribution in [3.05, 3.63) is 51.9 Å². The second-order valence-corrected chi connectivity index (χ2v) is 8.01. The van der Waals surface area contributed by atoms with E-state index in [1.165, 1.54) is 12.1 Å². The number of sulfonamides is 1. The van der Waals surface area contributed by atoms with Crippen molar-refractivity contribution in [3.8, 4) is 0 Å². The van der Waals surface area contributed by atoms with E-state index in [-0.39, 0.29) is 10.8 Å². The Kier molecular flexibility index (Phi) is 5.57. The normalized spacial score (nSPS) is 11.4. The lowest BCUT2D eigenvalue weighted by Crippen LogP contribution is -2.22. The molecule has 2 aromatic rings. The van der Waals surface area contributed by atoms with Gasteiger partial charge in [-0.2, -0.15) is 0 Å². The maximum Gasteiger partial charge on any atom is 0.338 e. The molecule has 1 aromatic carbocycles. The number of benzene rings is 1. The lowest BCUT2D eigenvalue weighted by molar-refractivity contribution is 0.0526. The van der Waals surface area contributed by atoms with Crippen LogP contribution in [0.25, 0.3) is 0 Å². The molecule has 0 atom stereocenters. The van der Waals surface area contributed by atoms with Gasteiger partial charge in [0.05, 0.1) is 16.5 Å². The average Bonchev–Trinajstić information content (AvgIpc) is 2.93. The van der Waals surface area contributed by atoms with Gasteiger partial charge in [-0.1, -0.05) is 23.7 Å². The van der Waals surface area contributed by atoms with Crippen molar-refractivity contribution in [2.24, 2.45) is 0 Å². The van der Waals surface area contributed by atoms with E-state index in [0.717, 1.165) is 16.9 Å². The zero-order chi connectivity index (χ0) is 16.2. The fourth-order valence-electron chi connectivity index (χ4n) is 1.66. The first-order valence-corrected chi connectivity index (χ1v) is 9.11. The van der Waals surface area contributed by atoms with Crippen molar-refractivity contribution in [3.63, 3.8) is 0 Å². The van der Waals surface area contributed by atoms with Gasteiger partial charge in [-0.25, -0.2) is 17.9 Å². The van der Waals surface area contributed by atoms with E-state index in [1.54, 1.807) is 31.2 Å². The topological polar surface area (TPSA) is 72.5 Å². The first-order chi connectivity index (χ1) is 10.4. The van der Waals surface area contributed by atoms with Gasteiger partial charge < -0.3 is 4.74 Å². The number of carbonyl (C=O) groups excluding carboxylic acids is 1. The number of ether oxygens (including phenoxy) is 1. The van der Waals surface area contributed by atoms with Gasteiger partial charge in [-0.15, -0.1) is 11.3 Å². The van der Waals surface area contributed by atoms with E-state index >= 15 is 0 Å². The van der Waals surface area contributed by atoms with Crippen LogP contribution in [0.4, 0.5) is 0 Å². The summed E-state index contributed by atoms with van der Waals surface area (Å²) < 4.78 is 32.0. The molecular formula is C14H14ClNO4S2. The van der Waals surface area contributed by atoms with Crippen LogP contribution in [-0.2, 0) is 21.3 Å². The quantitative estimate of drug-likeness (QED) is 0.804. The first kappa shape index (κ1) is 17.0. The number of halogens is 1. The molecule has 0 saturated heterocycles. The van der Waals surface area contributed by atoms with Gasteiger partial charge in [0.25, 0.3) is 0 Å². The zero-order valence-electron chi connectivity index (χ0n) is 11.7. The molecule has 0 amide bonds. The Bertz CT molecular complexity index is 753. The molecule has 2 rings (SSSR count). The summed E-state index contributed by atoms with van der Waals surface area (Å²) >= 11 is 6.73. The molecule has 0 aliphatic carbocycles. The SMILES string of the molecule is CCOC(=O)c1ccc(CNS(=O)(=O)c2ccc(Cl)s2)cc1. The van der Waals surface area contributed by atoms with Crippen LogP contribution in [0, 0.1) is 0 Å². The molecule has 22 heavy (non-hydrogen) atoms. The number of hydrogen-bond acceptors (Lipinski definition) is 5. The number of rotatable bonds is 6. The van der Waals surface area contributed by atoms with E-state index in [1.807, 2.05) is 0 Å². The standard InChI is InChI=1S/C14H14ClNO4S2/c1-2-20-14(17)11-5-3-10(4-6-11)9-16-22(18,19)13-8-7-12(15)21-13/h3-8,16H,2,9H2,1H3. The Morgan fingerprint density at radius 2 is 1.91 bits per heavy atom. The highest BCUT2D eigenvalue weighted by atomic mass is 35.5. The smallest absolute Gasteiger partial charge is 0.338 e. The van der Waals surface area contributed by atoms with Gasteiger partial charge in [0.15, 0.2) is 0 Å². The summed E-state index contributed by atoms with van der Waals surface area (Å²) in [5.74, 6) is -0.400. The molecule has 0 aliphatic rings. The van der Waals surface area contributed by atoms with Crippen LogP contribution in [0.15, 0.2) is 40.6 Å². The molecule has 0 spiro atoms. The average molecular weight is 360 g/mol. The highest BCUT2D eigenvalue weighted by Crippen LogP contribution is 2.25. The van der Waals surface area contributed by atoms with Gasteiger partial charge in [0.2, 0.25) is 10.0 Å². The summed E-state index contributed by atoms with van der Waals surface area (Å²) in [4.78, 5) is 11.5. The molecule has 0 aliphatic heterocycles. The van der Waals surface area contributed by atoms with Crippen LogP contribution in [0.5, 0.6) is 0 Å². The largest absolute Gasteiger partial charge is 0.462 e. The van der Waals surface area contributed by atoms with Crippen LogP contribution in [0.1, 0.15) is 22.8 Å². The van der Waals surface area contributed by atoms with Crippen LogP contribution >= 0.6 is 22.9 Å². The van der Waals surface area contributed by atoms with Crippen molar-refractivity contribution in [2.45, 2.75) is 17.7 Å². The van der Waals surface area contributed by atoms with Gasteiger partial charge in [-0.05, 0) is 36.8 Å². The third-order valence-corrected chi connectivity index (χ3v) is 5.87. The fraction of sp³-hybridized carbons (Fsp3) is 0.214. The van der Waals surface area contributed by atoms with Crippen LogP contribution < -0.4 is 4.72 Å². The first-order valence-electron chi connectivity index (χ1n) is 6.43. The van der Waals surface area contributed by atoms with Crippen molar-refractivity contribution >= 4 is 38.9 Å². The molecule has 8 heteroatoms. The maximum atomic E-state index is 12.0. The lowest BCUT2D eigenvalue weighted by Gasteiger charge is -2.06. The predicted molar refractivity (Wildman–Crippen MR) is 85.8 cm³/mol. The van der Waals surface area contributed by atoms with Crippen LogP contribution in [0.2, 0.25) is 4.34 Å². The van der Waals surface area contributed by atoms with Crippen molar-refractivity contribution in [1.82, 2.24) is 4.72 Å². The highest BCUT2D eigenvalue weighted by molar-refractivity contribution is 7.91. The molecule has 1 N–H and O–H groups in total. The summed E-state index contributed by atoms with van der Waals surface area (Å²) in [6, 6.07) is 9.55. The Hall–Kier alpha value is -1.41. The van der Waals surface area contributed by atoms with Crippen LogP contribution in [0.3, 0.4) is 0 Å². The second kappa shape index (κ2) is 7.23. The number of thiophene rings is 1. The summed E-state index contributed by atoms with van der Waals surface area (Å²) in [6.45, 7) is 2.17. The van der Waals surface area contributed by atoms with Gasteiger partial charge in [0, 0.05) is 6.54 Å². The van der Waals surface area contributed by atoms with E-state index < -0.39 is 16.0 Å². The number of nitrogens with one attached hydrogen (secondary N) is 1. The summed E-state index contributed by atoms with van der Waals surface area (Å²) in [5, 5.41) is 0. The number of esters is 1. The molecule has 5 nitrogen and oxygen atoms in total. The van der Waals surface area contributed by atoms with Crippen LogP contribution in [-0.4, -0.2) is 21.0 Å². The molecule has 0 bridgehead atoms. The minimum Gasteiger partial charge on any atom is -0.462 e. The molecule has 0 fully saturated rings. The Labute approximate surface area is 137 Å². The lowest BCUT2D eigenvalue weighted by atomic mass is 10.1. The summed E-state index contributed by atoms with van der Waals surface area (Å²) in [7, 11) is -3.58. The molecule has 0 unspecified atom stereocenters. The highest BCUT2D eigenvalue weighted by Gasteiger charge is 2.16. The van der Waals surface area contributed by atoms with Gasteiger partial charge in [-0.3, -0.25) is 0 Å². The monoisotopic (exact) mass is 359 g/mol. The third-order valence-electron chi connectivity index (χ3n) is 2.74. The molecule has 0 radical (unpaired) electrons. The summed E-state index contributed by atoms with van der Waals surface area (Å²) in [6.07, 6.45) is 0. The molecule has 1 aromatic heterocycles. The van der Waals surface area contributed by atoms with E-state index in [2.05, 4.69) is 4.72 Å². The predicted octanol–water partition coefficient (Wildman–Crippen LogP) is 3.06.